The molecule has 0 aliphatic heterocycles. The Bertz CT molecular complexity index is 1590. The molecule has 1 aromatic heterocycles. The first-order valence-corrected chi connectivity index (χ1v) is 9.71. The summed E-state index contributed by atoms with van der Waals surface area (Å²) in [6, 6.07) is 1.37. The minimum absolute atomic E-state index is 0.0614. The highest BCUT2D eigenvalue weighted by molar-refractivity contribution is 6.31. The summed E-state index contributed by atoms with van der Waals surface area (Å²) < 4.78 is 83.1. The van der Waals surface area contributed by atoms with Crippen molar-refractivity contribution in [1.29, 1.82) is 5.26 Å². The van der Waals surface area contributed by atoms with Crippen molar-refractivity contribution in [2.24, 2.45) is 0 Å². The second kappa shape index (κ2) is 10.8. The SMILES string of the molecule is [2H]/C(=C\C([2H])([2H])N(C)C)C(=O)Nc1cc2c(Nc3c([2H])c([2H])c(F)c(Cl)c3[2H])c(C#N)cnc2cc1OC([2H])([2H])C. The number of aromatic nitrogens is 1. The van der Waals surface area contributed by atoms with Crippen LogP contribution in [0.15, 0.2) is 48.6 Å². The van der Waals surface area contributed by atoms with Gasteiger partial charge >= 0.3 is 0 Å². The van der Waals surface area contributed by atoms with Crippen LogP contribution in [0.3, 0.4) is 0 Å². The lowest BCUT2D eigenvalue weighted by Gasteiger charge is -2.16. The van der Waals surface area contributed by atoms with E-state index < -0.39 is 54.0 Å². The van der Waals surface area contributed by atoms with E-state index in [1.165, 1.54) is 26.2 Å². The lowest BCUT2D eigenvalue weighted by Crippen LogP contribution is -2.13. The number of hydrogen-bond acceptors (Lipinski definition) is 6. The first-order chi connectivity index (χ1) is 18.9. The molecule has 0 fully saturated rings. The summed E-state index contributed by atoms with van der Waals surface area (Å²) in [5, 5.41) is 14.2. The molecule has 0 radical (unpaired) electrons. The van der Waals surface area contributed by atoms with Gasteiger partial charge in [-0.15, -0.1) is 0 Å². The molecule has 2 aromatic carbocycles. The molecule has 0 unspecified atom stereocenters. The molecule has 0 saturated carbocycles. The average molecular weight is 476 g/mol. The molecule has 9 heteroatoms. The van der Waals surface area contributed by atoms with E-state index in [2.05, 4.69) is 15.6 Å². The molecular formula is C24H23ClFN5O2. The Hall–Kier alpha value is -3.67. The number of hydrogen-bond donors (Lipinski definition) is 2. The number of benzene rings is 2. The molecule has 170 valence electrons. The van der Waals surface area contributed by atoms with Gasteiger partial charge in [0, 0.05) is 38.6 Å². The Kier molecular flexibility index (Phi) is 4.97. The van der Waals surface area contributed by atoms with Crippen LogP contribution in [0.4, 0.5) is 21.5 Å². The fourth-order valence-electron chi connectivity index (χ4n) is 2.67. The van der Waals surface area contributed by atoms with Gasteiger partial charge in [-0.05, 0) is 45.2 Å². The quantitative estimate of drug-likeness (QED) is 0.440. The smallest absolute Gasteiger partial charge is 0.248 e. The number of carbonyl (C=O) groups is 1. The number of halogens is 2. The Balaban J connectivity index is 2.25. The number of pyridine rings is 1. The molecular weight excluding hydrogens is 445 g/mol. The standard InChI is InChI=1S/C24H23ClFN5O2/c1-4-33-22-12-20-17(11-21(22)30-23(32)6-5-9-31(2)3)24(15(13-27)14-28-20)29-16-7-8-19(26)18(25)10-16/h5-8,10-12,14H,4,9H2,1-3H3,(H,28,29)(H,30,32)/b6-5+/i4D2,6D,7D,8D,9D2,10D. The third-order valence-electron chi connectivity index (χ3n) is 4.05. The third-order valence-corrected chi connectivity index (χ3v) is 4.31. The van der Waals surface area contributed by atoms with Crippen LogP contribution < -0.4 is 15.4 Å². The van der Waals surface area contributed by atoms with Crippen LogP contribution in [0.1, 0.15) is 23.5 Å². The third kappa shape index (κ3) is 5.98. The number of nitrogens with one attached hydrogen (secondary N) is 2. The van der Waals surface area contributed by atoms with Gasteiger partial charge in [0.2, 0.25) is 5.91 Å². The lowest BCUT2D eigenvalue weighted by molar-refractivity contribution is -0.111. The van der Waals surface area contributed by atoms with Gasteiger partial charge in [0.05, 0.1) is 42.3 Å². The predicted octanol–water partition coefficient (Wildman–Crippen LogP) is 5.10. The van der Waals surface area contributed by atoms with Crippen LogP contribution in [-0.4, -0.2) is 42.9 Å². The van der Waals surface area contributed by atoms with Gasteiger partial charge in [0.15, 0.2) is 0 Å². The Labute approximate surface area is 207 Å². The minimum Gasteiger partial charge on any atom is -0.492 e. The molecule has 1 amide bonds. The number of rotatable bonds is 8. The first-order valence-electron chi connectivity index (χ1n) is 13.3. The van der Waals surface area contributed by atoms with Crippen molar-refractivity contribution in [1.82, 2.24) is 9.88 Å². The number of likely N-dealkylation sites (N-methyl/N-ethyl adjacent to an activating group) is 1. The highest BCUT2D eigenvalue weighted by Crippen LogP contribution is 2.36. The zero-order chi connectivity index (χ0) is 31.0. The van der Waals surface area contributed by atoms with E-state index >= 15 is 0 Å². The maximum absolute atomic E-state index is 14.2. The van der Waals surface area contributed by atoms with Crippen molar-refractivity contribution >= 4 is 45.5 Å². The van der Waals surface area contributed by atoms with Crippen molar-refractivity contribution in [3.05, 3.63) is 65.0 Å². The molecule has 3 rings (SSSR count). The van der Waals surface area contributed by atoms with Crippen LogP contribution in [0.25, 0.3) is 10.9 Å². The van der Waals surface area contributed by atoms with E-state index in [0.717, 1.165) is 24.1 Å². The van der Waals surface area contributed by atoms with E-state index in [4.69, 9.17) is 27.3 Å². The van der Waals surface area contributed by atoms with Crippen LogP contribution in [-0.2, 0) is 4.79 Å². The topological polar surface area (TPSA) is 90.3 Å². The number of amides is 1. The second-order valence-corrected chi connectivity index (χ2v) is 6.98. The monoisotopic (exact) mass is 475 g/mol. The zero-order valence-corrected chi connectivity index (χ0v) is 18.5. The Morgan fingerprint density at radius 1 is 1.48 bits per heavy atom. The summed E-state index contributed by atoms with van der Waals surface area (Å²) >= 11 is 5.84. The lowest BCUT2D eigenvalue weighted by atomic mass is 10.1. The fourth-order valence-corrected chi connectivity index (χ4v) is 2.81. The molecule has 3 aromatic rings. The van der Waals surface area contributed by atoms with Crippen LogP contribution in [0, 0.1) is 17.1 Å². The van der Waals surface area contributed by atoms with Gasteiger partial charge < -0.3 is 20.3 Å². The maximum Gasteiger partial charge on any atom is 0.248 e. The van der Waals surface area contributed by atoms with Gasteiger partial charge in [-0.3, -0.25) is 9.78 Å². The summed E-state index contributed by atoms with van der Waals surface area (Å²) in [7, 11) is 2.83. The highest BCUT2D eigenvalue weighted by atomic mass is 35.5. The van der Waals surface area contributed by atoms with Crippen molar-refractivity contribution in [2.75, 3.05) is 37.8 Å². The van der Waals surface area contributed by atoms with Crippen molar-refractivity contribution in [2.45, 2.75) is 6.92 Å². The molecule has 0 aliphatic carbocycles. The molecule has 0 atom stereocenters. The molecule has 0 spiro atoms. The summed E-state index contributed by atoms with van der Waals surface area (Å²) in [5.41, 5.74) is -0.642. The number of ether oxygens (including phenoxy) is 1. The normalized spacial score (nSPS) is 15.7. The Morgan fingerprint density at radius 2 is 2.27 bits per heavy atom. The second-order valence-electron chi connectivity index (χ2n) is 6.60. The van der Waals surface area contributed by atoms with E-state index in [1.54, 1.807) is 0 Å². The molecule has 0 bridgehead atoms. The van der Waals surface area contributed by atoms with Gasteiger partial charge in [-0.2, -0.15) is 5.26 Å². The molecule has 0 aliphatic rings. The van der Waals surface area contributed by atoms with Crippen LogP contribution >= 0.6 is 11.6 Å². The van der Waals surface area contributed by atoms with E-state index in [1.807, 2.05) is 6.07 Å². The molecule has 0 saturated heterocycles. The number of fused-ring (bicyclic) bond motifs is 1. The van der Waals surface area contributed by atoms with Gasteiger partial charge in [-0.1, -0.05) is 17.7 Å². The maximum atomic E-state index is 14.2. The number of carbonyl (C=O) groups excluding carboxylic acids is 1. The van der Waals surface area contributed by atoms with E-state index in [0.29, 0.717) is 0 Å². The average Bonchev–Trinajstić information content (AvgIpc) is 2.87. The van der Waals surface area contributed by atoms with Crippen molar-refractivity contribution < 1.29 is 24.9 Å². The Morgan fingerprint density at radius 3 is 2.97 bits per heavy atom. The molecule has 7 nitrogen and oxygen atoms in total. The van der Waals surface area contributed by atoms with Gasteiger partial charge in [0.1, 0.15) is 17.6 Å². The number of anilines is 3. The highest BCUT2D eigenvalue weighted by Gasteiger charge is 2.15. The summed E-state index contributed by atoms with van der Waals surface area (Å²) in [4.78, 5) is 18.2. The van der Waals surface area contributed by atoms with Gasteiger partial charge in [0.25, 0.3) is 0 Å². The van der Waals surface area contributed by atoms with Gasteiger partial charge in [-0.25, -0.2) is 4.39 Å². The predicted molar refractivity (Wildman–Crippen MR) is 129 cm³/mol. The molecule has 2 N–H and O–H groups in total. The largest absolute Gasteiger partial charge is 0.492 e. The van der Waals surface area contributed by atoms with Crippen molar-refractivity contribution in [3.8, 4) is 11.8 Å². The van der Waals surface area contributed by atoms with E-state index in [-0.39, 0.29) is 39.3 Å². The van der Waals surface area contributed by atoms with Crippen LogP contribution in [0.5, 0.6) is 5.75 Å². The summed E-state index contributed by atoms with van der Waals surface area (Å²) in [6.07, 6.45) is 1.91. The summed E-state index contributed by atoms with van der Waals surface area (Å²) in [6.45, 7) is -3.28. The zero-order valence-electron chi connectivity index (χ0n) is 25.7. The summed E-state index contributed by atoms with van der Waals surface area (Å²) in [5.74, 6) is -2.54. The van der Waals surface area contributed by atoms with Crippen molar-refractivity contribution in [3.63, 3.8) is 0 Å². The molecule has 33 heavy (non-hydrogen) atoms. The fraction of sp³-hybridized carbons (Fsp3) is 0.208. The number of nitrogens with zero attached hydrogens (tertiary/aromatic N) is 3. The number of nitriles is 1. The molecule has 1 heterocycles. The first kappa shape index (κ1) is 15.2. The van der Waals surface area contributed by atoms with E-state index in [9.17, 15) is 14.4 Å². The minimum atomic E-state index is -2.24. The van der Waals surface area contributed by atoms with Crippen LogP contribution in [0.2, 0.25) is 5.02 Å².